The quantitative estimate of drug-likeness (QED) is 0.604. The van der Waals surface area contributed by atoms with Crippen LogP contribution in [0.1, 0.15) is 17.3 Å². The fourth-order valence-corrected chi connectivity index (χ4v) is 1.71. The Bertz CT molecular complexity index is 505. The van der Waals surface area contributed by atoms with Gasteiger partial charge in [-0.1, -0.05) is 6.07 Å². The maximum atomic E-state index is 11.3. The summed E-state index contributed by atoms with van der Waals surface area (Å²) in [5.41, 5.74) is -0.308. The van der Waals surface area contributed by atoms with Gasteiger partial charge in [-0.15, -0.1) is 0 Å². The summed E-state index contributed by atoms with van der Waals surface area (Å²) in [6, 6.07) is 3.39. The topological polar surface area (TPSA) is 101 Å². The maximum Gasteiger partial charge on any atom is 0.341 e. The van der Waals surface area contributed by atoms with Crippen molar-refractivity contribution in [2.45, 2.75) is 11.8 Å². The lowest BCUT2D eigenvalue weighted by Gasteiger charge is -2.06. The number of carbonyl (C=O) groups excluding carboxylic acids is 1. The van der Waals surface area contributed by atoms with Gasteiger partial charge in [0.2, 0.25) is 0 Å². The van der Waals surface area contributed by atoms with Gasteiger partial charge in [0.05, 0.1) is 6.61 Å². The van der Waals surface area contributed by atoms with E-state index in [1.54, 1.807) is 6.92 Å². The lowest BCUT2D eigenvalue weighted by atomic mass is 10.2. The summed E-state index contributed by atoms with van der Waals surface area (Å²) in [4.78, 5) is 10.6. The summed E-state index contributed by atoms with van der Waals surface area (Å²) in [5, 5.41) is 9.48. The molecule has 0 radical (unpaired) electrons. The molecule has 0 unspecified atom stereocenters. The molecule has 0 aliphatic carbocycles. The zero-order valence-corrected chi connectivity index (χ0v) is 9.19. The zero-order valence-electron chi connectivity index (χ0n) is 8.37. The SMILES string of the molecule is CCOC(=O)c1cccc(S(=O)(=O)O)c1O. The first-order valence-corrected chi connectivity index (χ1v) is 5.78. The maximum absolute atomic E-state index is 11.3. The molecule has 0 aliphatic rings. The number of hydrogen-bond donors (Lipinski definition) is 2. The normalized spacial score (nSPS) is 11.1. The highest BCUT2D eigenvalue weighted by Gasteiger charge is 2.21. The molecule has 0 bridgehead atoms. The van der Waals surface area contributed by atoms with Gasteiger partial charge in [-0.3, -0.25) is 4.55 Å². The van der Waals surface area contributed by atoms with Gasteiger partial charge in [0, 0.05) is 0 Å². The monoisotopic (exact) mass is 246 g/mol. The van der Waals surface area contributed by atoms with Crippen molar-refractivity contribution in [2.24, 2.45) is 0 Å². The van der Waals surface area contributed by atoms with E-state index in [1.807, 2.05) is 0 Å². The van der Waals surface area contributed by atoms with Crippen LogP contribution in [0.2, 0.25) is 0 Å². The van der Waals surface area contributed by atoms with Crippen LogP contribution in [-0.2, 0) is 14.9 Å². The molecular formula is C9H10O6S. The van der Waals surface area contributed by atoms with Crippen LogP contribution in [0.4, 0.5) is 0 Å². The average Bonchev–Trinajstić information content (AvgIpc) is 2.16. The van der Waals surface area contributed by atoms with Crippen LogP contribution in [0.25, 0.3) is 0 Å². The van der Waals surface area contributed by atoms with Crippen molar-refractivity contribution in [2.75, 3.05) is 6.61 Å². The number of para-hydroxylation sites is 1. The molecule has 0 amide bonds. The van der Waals surface area contributed by atoms with Gasteiger partial charge >= 0.3 is 5.97 Å². The van der Waals surface area contributed by atoms with Crippen LogP contribution < -0.4 is 0 Å². The summed E-state index contributed by atoms with van der Waals surface area (Å²) in [6.45, 7) is 1.66. The second kappa shape index (κ2) is 4.50. The molecule has 0 aromatic heterocycles. The first-order valence-electron chi connectivity index (χ1n) is 4.34. The van der Waals surface area contributed by atoms with Gasteiger partial charge in [-0.05, 0) is 19.1 Å². The van der Waals surface area contributed by atoms with Gasteiger partial charge in [0.1, 0.15) is 10.5 Å². The van der Waals surface area contributed by atoms with E-state index in [0.717, 1.165) is 6.07 Å². The summed E-state index contributed by atoms with van der Waals surface area (Å²) < 4.78 is 35.0. The minimum atomic E-state index is -4.56. The number of rotatable bonds is 3. The lowest BCUT2D eigenvalue weighted by molar-refractivity contribution is 0.0522. The van der Waals surface area contributed by atoms with Crippen LogP contribution in [0.15, 0.2) is 23.1 Å². The molecule has 0 fully saturated rings. The van der Waals surface area contributed by atoms with E-state index < -0.39 is 26.7 Å². The van der Waals surface area contributed by atoms with Gasteiger partial charge in [-0.2, -0.15) is 8.42 Å². The molecule has 7 heteroatoms. The molecule has 0 saturated heterocycles. The number of esters is 1. The zero-order chi connectivity index (χ0) is 12.3. The first-order chi connectivity index (χ1) is 7.38. The average molecular weight is 246 g/mol. The molecule has 88 valence electrons. The minimum Gasteiger partial charge on any atom is -0.506 e. The molecule has 0 saturated carbocycles. The Kier molecular flexibility index (Phi) is 3.51. The number of phenolic OH excluding ortho intramolecular Hbond substituents is 1. The smallest absolute Gasteiger partial charge is 0.341 e. The standard InChI is InChI=1S/C9H10O6S/c1-2-15-9(11)6-4-3-5-7(8(6)10)16(12,13)14/h3-5,10H,2H2,1H3,(H,12,13,14). The summed E-state index contributed by atoms with van der Waals surface area (Å²) >= 11 is 0. The predicted molar refractivity (Wildman–Crippen MR) is 53.9 cm³/mol. The first kappa shape index (κ1) is 12.5. The molecule has 2 N–H and O–H groups in total. The molecule has 0 spiro atoms. The third-order valence-electron chi connectivity index (χ3n) is 1.77. The highest BCUT2D eigenvalue weighted by atomic mass is 32.2. The largest absolute Gasteiger partial charge is 0.506 e. The van der Waals surface area contributed by atoms with E-state index in [-0.39, 0.29) is 12.2 Å². The fraction of sp³-hybridized carbons (Fsp3) is 0.222. The number of phenols is 1. The third-order valence-corrected chi connectivity index (χ3v) is 2.66. The van der Waals surface area contributed by atoms with Gasteiger partial charge in [-0.25, -0.2) is 4.79 Å². The molecule has 0 aliphatic heterocycles. The molecule has 6 nitrogen and oxygen atoms in total. The van der Waals surface area contributed by atoms with Gasteiger partial charge < -0.3 is 9.84 Å². The Labute approximate surface area is 92.2 Å². The highest BCUT2D eigenvalue weighted by Crippen LogP contribution is 2.26. The molecule has 1 aromatic rings. The Hall–Kier alpha value is -1.60. The van der Waals surface area contributed by atoms with Gasteiger partial charge in [0.25, 0.3) is 10.1 Å². The van der Waals surface area contributed by atoms with Crippen molar-refractivity contribution in [3.63, 3.8) is 0 Å². The molecular weight excluding hydrogens is 236 g/mol. The number of benzene rings is 1. The minimum absolute atomic E-state index is 0.0916. The Morgan fingerprint density at radius 2 is 2.06 bits per heavy atom. The summed E-state index contributed by atoms with van der Waals surface area (Å²) in [7, 11) is -4.56. The summed E-state index contributed by atoms with van der Waals surface area (Å²) in [5.74, 6) is -1.67. The van der Waals surface area contributed by atoms with E-state index in [4.69, 9.17) is 4.55 Å². The molecule has 0 heterocycles. The van der Waals surface area contributed by atoms with Crippen molar-refractivity contribution < 1.29 is 27.6 Å². The number of aromatic hydroxyl groups is 1. The number of ether oxygens (including phenoxy) is 1. The van der Waals surface area contributed by atoms with Crippen LogP contribution in [0, 0.1) is 0 Å². The van der Waals surface area contributed by atoms with Crippen molar-refractivity contribution in [1.82, 2.24) is 0 Å². The molecule has 1 rings (SSSR count). The van der Waals surface area contributed by atoms with Crippen molar-refractivity contribution in [3.8, 4) is 5.75 Å². The number of carbonyl (C=O) groups is 1. The van der Waals surface area contributed by atoms with Crippen molar-refractivity contribution in [3.05, 3.63) is 23.8 Å². The van der Waals surface area contributed by atoms with E-state index in [2.05, 4.69) is 4.74 Å². The number of hydrogen-bond acceptors (Lipinski definition) is 5. The van der Waals surface area contributed by atoms with E-state index in [1.165, 1.54) is 12.1 Å². The third kappa shape index (κ3) is 2.50. The lowest BCUT2D eigenvalue weighted by Crippen LogP contribution is -2.07. The van der Waals surface area contributed by atoms with Gasteiger partial charge in [0.15, 0.2) is 5.75 Å². The molecule has 1 aromatic carbocycles. The van der Waals surface area contributed by atoms with E-state index in [9.17, 15) is 18.3 Å². The second-order valence-corrected chi connectivity index (χ2v) is 4.24. The Morgan fingerprint density at radius 3 is 2.56 bits per heavy atom. The molecule has 16 heavy (non-hydrogen) atoms. The van der Waals surface area contributed by atoms with Crippen LogP contribution >= 0.6 is 0 Å². The fourth-order valence-electron chi connectivity index (χ4n) is 1.10. The van der Waals surface area contributed by atoms with Crippen molar-refractivity contribution in [1.29, 1.82) is 0 Å². The second-order valence-electron chi connectivity index (χ2n) is 2.85. The highest BCUT2D eigenvalue weighted by molar-refractivity contribution is 7.86. The van der Waals surface area contributed by atoms with E-state index in [0.29, 0.717) is 0 Å². The summed E-state index contributed by atoms with van der Waals surface area (Å²) in [6.07, 6.45) is 0. The Balaban J connectivity index is 3.30. The van der Waals surface area contributed by atoms with Crippen LogP contribution in [0.5, 0.6) is 5.75 Å². The molecule has 0 atom stereocenters. The van der Waals surface area contributed by atoms with Crippen molar-refractivity contribution >= 4 is 16.1 Å². The predicted octanol–water partition coefficient (Wildman–Crippen LogP) is 0.816. The van der Waals surface area contributed by atoms with E-state index >= 15 is 0 Å². The Morgan fingerprint density at radius 1 is 1.44 bits per heavy atom. The van der Waals surface area contributed by atoms with Crippen LogP contribution in [-0.4, -0.2) is 30.7 Å². The van der Waals surface area contributed by atoms with Crippen LogP contribution in [0.3, 0.4) is 0 Å².